The van der Waals surface area contributed by atoms with Gasteiger partial charge >= 0.3 is 0 Å². The highest BCUT2D eigenvalue weighted by Gasteiger charge is 2.03. The van der Waals surface area contributed by atoms with Crippen LogP contribution in [0.15, 0.2) is 30.3 Å². The van der Waals surface area contributed by atoms with Crippen LogP contribution in [0.5, 0.6) is 0 Å². The second-order valence-corrected chi connectivity index (χ2v) is 3.23. The summed E-state index contributed by atoms with van der Waals surface area (Å²) in [5.74, 6) is 0. The Morgan fingerprint density at radius 1 is 1.08 bits per heavy atom. The lowest BCUT2D eigenvalue weighted by atomic mass is 10.0. The second kappa shape index (κ2) is 2.66. The Balaban J connectivity index is 2.94. The van der Waals surface area contributed by atoms with Crippen molar-refractivity contribution in [1.29, 1.82) is 0 Å². The van der Waals surface area contributed by atoms with Crippen molar-refractivity contribution in [3.63, 3.8) is 0 Å². The molecule has 0 amide bonds. The number of nitrogens with two attached hydrogens (primary N) is 2. The van der Waals surface area contributed by atoms with E-state index in [1.807, 2.05) is 31.2 Å². The summed E-state index contributed by atoms with van der Waals surface area (Å²) in [6.07, 6.45) is 0. The van der Waals surface area contributed by atoms with Crippen molar-refractivity contribution in [3.05, 3.63) is 35.9 Å². The number of anilines is 2. The normalized spacial score (nSPS) is 10.5. The predicted molar refractivity (Wildman–Crippen MR) is 57.5 cm³/mol. The van der Waals surface area contributed by atoms with Gasteiger partial charge in [-0.15, -0.1) is 0 Å². The van der Waals surface area contributed by atoms with Gasteiger partial charge in [0, 0.05) is 0 Å². The average molecular weight is 172 g/mol. The molecule has 0 fully saturated rings. The number of benzene rings is 2. The maximum Gasteiger partial charge on any atom is 0.0583 e. The highest BCUT2D eigenvalue weighted by molar-refractivity contribution is 5.94. The lowest BCUT2D eigenvalue weighted by Crippen LogP contribution is -1.97. The maximum absolute atomic E-state index is 5.82. The third-order valence-corrected chi connectivity index (χ3v) is 2.39. The fourth-order valence-electron chi connectivity index (χ4n) is 1.57. The molecule has 0 spiro atoms. The standard InChI is InChI=1S/C11H12N2/c1-7-9-5-3-2-4-8(9)6-10(12)11(7)13/h2-6H,12-13H2,1H3. The van der Waals surface area contributed by atoms with E-state index in [2.05, 4.69) is 6.07 Å². The zero-order chi connectivity index (χ0) is 9.42. The molecule has 0 saturated heterocycles. The van der Waals surface area contributed by atoms with Gasteiger partial charge < -0.3 is 11.5 Å². The Kier molecular flexibility index (Phi) is 1.62. The number of fused-ring (bicyclic) bond motifs is 1. The predicted octanol–water partition coefficient (Wildman–Crippen LogP) is 2.31. The summed E-state index contributed by atoms with van der Waals surface area (Å²) < 4.78 is 0. The van der Waals surface area contributed by atoms with Gasteiger partial charge in [-0.3, -0.25) is 0 Å². The summed E-state index contributed by atoms with van der Waals surface area (Å²) >= 11 is 0. The van der Waals surface area contributed by atoms with Crippen molar-refractivity contribution < 1.29 is 0 Å². The van der Waals surface area contributed by atoms with Crippen molar-refractivity contribution >= 4 is 22.1 Å². The molecule has 2 nitrogen and oxygen atoms in total. The summed E-state index contributed by atoms with van der Waals surface area (Å²) in [6, 6.07) is 10.0. The molecule has 2 aromatic carbocycles. The molecule has 2 heteroatoms. The van der Waals surface area contributed by atoms with Crippen LogP contribution in [0.3, 0.4) is 0 Å². The van der Waals surface area contributed by atoms with Crippen LogP contribution in [0.2, 0.25) is 0 Å². The molecule has 0 radical (unpaired) electrons. The van der Waals surface area contributed by atoms with E-state index >= 15 is 0 Å². The number of hydrogen-bond donors (Lipinski definition) is 2. The van der Waals surface area contributed by atoms with Crippen LogP contribution in [-0.4, -0.2) is 0 Å². The first-order chi connectivity index (χ1) is 6.20. The molecule has 0 aromatic heterocycles. The fourth-order valence-corrected chi connectivity index (χ4v) is 1.57. The molecular weight excluding hydrogens is 160 g/mol. The van der Waals surface area contributed by atoms with Crippen molar-refractivity contribution in [3.8, 4) is 0 Å². The van der Waals surface area contributed by atoms with Crippen molar-refractivity contribution in [2.24, 2.45) is 0 Å². The van der Waals surface area contributed by atoms with Crippen molar-refractivity contribution in [2.75, 3.05) is 11.5 Å². The Hall–Kier alpha value is -1.70. The molecule has 0 atom stereocenters. The molecule has 4 N–H and O–H groups in total. The summed E-state index contributed by atoms with van der Waals surface area (Å²) in [5.41, 5.74) is 14.0. The van der Waals surface area contributed by atoms with Gasteiger partial charge in [-0.25, -0.2) is 0 Å². The van der Waals surface area contributed by atoms with Crippen LogP contribution >= 0.6 is 0 Å². The van der Waals surface area contributed by atoms with Crippen LogP contribution in [0.1, 0.15) is 5.56 Å². The molecule has 13 heavy (non-hydrogen) atoms. The van der Waals surface area contributed by atoms with Gasteiger partial charge in [0.25, 0.3) is 0 Å². The number of nitrogen functional groups attached to an aromatic ring is 2. The van der Waals surface area contributed by atoms with Crippen molar-refractivity contribution in [2.45, 2.75) is 6.92 Å². The monoisotopic (exact) mass is 172 g/mol. The highest BCUT2D eigenvalue weighted by atomic mass is 14.7. The van der Waals surface area contributed by atoms with Gasteiger partial charge in [0.1, 0.15) is 0 Å². The fraction of sp³-hybridized carbons (Fsp3) is 0.0909. The van der Waals surface area contributed by atoms with Crippen LogP contribution in [0, 0.1) is 6.92 Å². The van der Waals surface area contributed by atoms with E-state index in [4.69, 9.17) is 11.5 Å². The number of rotatable bonds is 0. The molecule has 2 aromatic rings. The lowest BCUT2D eigenvalue weighted by molar-refractivity contribution is 1.52. The summed E-state index contributed by atoms with van der Waals surface area (Å²) in [5, 5.41) is 2.32. The number of aryl methyl sites for hydroxylation is 1. The first kappa shape index (κ1) is 7.92. The molecule has 0 saturated carbocycles. The summed E-state index contributed by atoms with van der Waals surface area (Å²) in [6.45, 7) is 1.99. The molecule has 0 aliphatic carbocycles. The molecule has 66 valence electrons. The van der Waals surface area contributed by atoms with E-state index in [1.54, 1.807) is 0 Å². The zero-order valence-corrected chi connectivity index (χ0v) is 7.54. The smallest absolute Gasteiger partial charge is 0.0583 e. The minimum absolute atomic E-state index is 0.663. The van der Waals surface area contributed by atoms with Gasteiger partial charge in [-0.05, 0) is 29.3 Å². The van der Waals surface area contributed by atoms with Crippen LogP contribution in [-0.2, 0) is 0 Å². The van der Waals surface area contributed by atoms with Crippen LogP contribution < -0.4 is 11.5 Å². The van der Waals surface area contributed by atoms with E-state index in [0.717, 1.165) is 10.9 Å². The van der Waals surface area contributed by atoms with Gasteiger partial charge in [-0.1, -0.05) is 24.3 Å². The van der Waals surface area contributed by atoms with E-state index in [0.29, 0.717) is 11.4 Å². The third kappa shape index (κ3) is 1.11. The first-order valence-corrected chi connectivity index (χ1v) is 4.23. The van der Waals surface area contributed by atoms with E-state index in [9.17, 15) is 0 Å². The molecule has 0 bridgehead atoms. The van der Waals surface area contributed by atoms with Gasteiger partial charge in [0.15, 0.2) is 0 Å². The second-order valence-electron chi connectivity index (χ2n) is 3.23. The minimum Gasteiger partial charge on any atom is -0.397 e. The first-order valence-electron chi connectivity index (χ1n) is 4.23. The maximum atomic E-state index is 5.82. The van der Waals surface area contributed by atoms with Gasteiger partial charge in [0.2, 0.25) is 0 Å². The van der Waals surface area contributed by atoms with Gasteiger partial charge in [-0.2, -0.15) is 0 Å². The molecular formula is C11H12N2. The third-order valence-electron chi connectivity index (χ3n) is 2.39. The van der Waals surface area contributed by atoms with E-state index < -0.39 is 0 Å². The van der Waals surface area contributed by atoms with Crippen molar-refractivity contribution in [1.82, 2.24) is 0 Å². The molecule has 0 unspecified atom stereocenters. The minimum atomic E-state index is 0.663. The quantitative estimate of drug-likeness (QED) is 0.599. The number of hydrogen-bond acceptors (Lipinski definition) is 2. The molecule has 0 aliphatic rings. The average Bonchev–Trinajstić information content (AvgIpc) is 2.15. The largest absolute Gasteiger partial charge is 0.397 e. The topological polar surface area (TPSA) is 52.0 Å². The SMILES string of the molecule is Cc1c(N)c(N)cc2ccccc12. The molecule has 0 aliphatic heterocycles. The zero-order valence-electron chi connectivity index (χ0n) is 7.54. The highest BCUT2D eigenvalue weighted by Crippen LogP contribution is 2.28. The van der Waals surface area contributed by atoms with E-state index in [-0.39, 0.29) is 0 Å². The van der Waals surface area contributed by atoms with Gasteiger partial charge in [0.05, 0.1) is 11.4 Å². The lowest BCUT2D eigenvalue weighted by Gasteiger charge is -2.08. The Morgan fingerprint density at radius 2 is 1.77 bits per heavy atom. The Morgan fingerprint density at radius 3 is 2.54 bits per heavy atom. The Bertz CT molecular complexity index is 461. The summed E-state index contributed by atoms with van der Waals surface area (Å²) in [7, 11) is 0. The Labute approximate surface area is 77.2 Å². The van der Waals surface area contributed by atoms with E-state index in [1.165, 1.54) is 5.39 Å². The van der Waals surface area contributed by atoms with Crippen LogP contribution in [0.4, 0.5) is 11.4 Å². The molecule has 0 heterocycles. The summed E-state index contributed by atoms with van der Waals surface area (Å²) in [4.78, 5) is 0. The van der Waals surface area contributed by atoms with Crippen LogP contribution in [0.25, 0.3) is 10.8 Å². The molecule has 2 rings (SSSR count).